The molecule has 0 aromatic carbocycles. The number of alkyl halides is 1. The molecule has 0 bridgehead atoms. The summed E-state index contributed by atoms with van der Waals surface area (Å²) in [5.41, 5.74) is 0. The number of aromatic nitrogens is 3. The Morgan fingerprint density at radius 3 is 2.73 bits per heavy atom. The Morgan fingerprint density at radius 2 is 2.20 bits per heavy atom. The molecule has 0 atom stereocenters. The van der Waals surface area contributed by atoms with Crippen LogP contribution in [-0.2, 0) is 7.05 Å². The van der Waals surface area contributed by atoms with Crippen molar-refractivity contribution in [3.63, 3.8) is 0 Å². The smallest absolute Gasteiger partial charge is 0.144 e. The first-order chi connectivity index (χ1) is 7.29. The topological polar surface area (TPSA) is 42.7 Å². The third-order valence-electron chi connectivity index (χ3n) is 3.13. The second-order valence-corrected chi connectivity index (χ2v) is 4.57. The van der Waals surface area contributed by atoms with E-state index in [2.05, 4.69) is 15.6 Å². The van der Waals surface area contributed by atoms with Gasteiger partial charge in [-0.2, -0.15) is 0 Å². The zero-order chi connectivity index (χ0) is 10.7. The first-order valence-corrected chi connectivity index (χ1v) is 6.00. The maximum absolute atomic E-state index is 5.85. The highest BCUT2D eigenvalue weighted by molar-refractivity contribution is 6.18. The molecular formula is C10H17ClN4. The largest absolute Gasteiger partial charge is 0.366 e. The Labute approximate surface area is 95.0 Å². The quantitative estimate of drug-likeness (QED) is 0.805. The highest BCUT2D eigenvalue weighted by atomic mass is 35.5. The standard InChI is InChI=1S/C10H17ClN4/c1-15-10(7-12-14-15)13-9-4-2-8(6-11)3-5-9/h7-9,13H,2-6H2,1H3. The molecule has 0 saturated heterocycles. The molecule has 84 valence electrons. The van der Waals surface area contributed by atoms with Crippen LogP contribution in [0.2, 0.25) is 0 Å². The van der Waals surface area contributed by atoms with Gasteiger partial charge in [-0.25, -0.2) is 4.68 Å². The Hall–Kier alpha value is -0.770. The van der Waals surface area contributed by atoms with Crippen LogP contribution in [0, 0.1) is 5.92 Å². The molecule has 1 aromatic rings. The van der Waals surface area contributed by atoms with Crippen molar-refractivity contribution in [1.82, 2.24) is 15.0 Å². The summed E-state index contributed by atoms with van der Waals surface area (Å²) in [6.45, 7) is 0. The lowest BCUT2D eigenvalue weighted by Gasteiger charge is -2.28. The Balaban J connectivity index is 1.85. The third kappa shape index (κ3) is 2.62. The Bertz CT molecular complexity index is 304. The van der Waals surface area contributed by atoms with E-state index in [0.29, 0.717) is 6.04 Å². The first-order valence-electron chi connectivity index (χ1n) is 5.46. The summed E-state index contributed by atoms with van der Waals surface area (Å²) >= 11 is 5.85. The fraction of sp³-hybridized carbons (Fsp3) is 0.800. The lowest BCUT2D eigenvalue weighted by molar-refractivity contribution is 0.363. The molecule has 2 rings (SSSR count). The molecule has 0 spiro atoms. The van der Waals surface area contributed by atoms with Gasteiger partial charge >= 0.3 is 0 Å². The monoisotopic (exact) mass is 228 g/mol. The number of aryl methyl sites for hydroxylation is 1. The van der Waals surface area contributed by atoms with Gasteiger partial charge in [-0.05, 0) is 31.6 Å². The van der Waals surface area contributed by atoms with E-state index in [4.69, 9.17) is 11.6 Å². The molecule has 1 aromatic heterocycles. The number of halogens is 1. The highest BCUT2D eigenvalue weighted by Gasteiger charge is 2.20. The Morgan fingerprint density at radius 1 is 1.47 bits per heavy atom. The molecule has 1 heterocycles. The molecule has 0 radical (unpaired) electrons. The van der Waals surface area contributed by atoms with Gasteiger partial charge in [0.25, 0.3) is 0 Å². The van der Waals surface area contributed by atoms with Gasteiger partial charge in [0, 0.05) is 19.0 Å². The molecule has 15 heavy (non-hydrogen) atoms. The van der Waals surface area contributed by atoms with Gasteiger partial charge in [0.05, 0.1) is 6.20 Å². The maximum atomic E-state index is 5.85. The maximum Gasteiger partial charge on any atom is 0.144 e. The Kier molecular flexibility index (Phi) is 3.46. The van der Waals surface area contributed by atoms with E-state index in [9.17, 15) is 0 Å². The predicted octanol–water partition coefficient (Wildman–Crippen LogP) is 2.02. The van der Waals surface area contributed by atoms with Crippen molar-refractivity contribution >= 4 is 17.4 Å². The average Bonchev–Trinajstić information content (AvgIpc) is 2.66. The van der Waals surface area contributed by atoms with E-state index in [0.717, 1.165) is 17.6 Å². The van der Waals surface area contributed by atoms with E-state index < -0.39 is 0 Å². The normalized spacial score (nSPS) is 26.5. The fourth-order valence-electron chi connectivity index (χ4n) is 2.09. The van der Waals surface area contributed by atoms with Gasteiger partial charge < -0.3 is 5.32 Å². The minimum Gasteiger partial charge on any atom is -0.366 e. The van der Waals surface area contributed by atoms with Crippen LogP contribution in [0.15, 0.2) is 6.20 Å². The van der Waals surface area contributed by atoms with Crippen LogP contribution in [0.5, 0.6) is 0 Å². The summed E-state index contributed by atoms with van der Waals surface area (Å²) in [7, 11) is 1.90. The summed E-state index contributed by atoms with van der Waals surface area (Å²) in [4.78, 5) is 0. The van der Waals surface area contributed by atoms with Gasteiger partial charge in [0.15, 0.2) is 0 Å². The van der Waals surface area contributed by atoms with Crippen LogP contribution in [0.3, 0.4) is 0 Å². The SMILES string of the molecule is Cn1nncc1NC1CCC(CCl)CC1. The van der Waals surface area contributed by atoms with Gasteiger partial charge in [-0.15, -0.1) is 16.7 Å². The molecule has 1 aliphatic carbocycles. The summed E-state index contributed by atoms with van der Waals surface area (Å²) in [6, 6.07) is 0.557. The number of anilines is 1. The van der Waals surface area contributed by atoms with Crippen LogP contribution < -0.4 is 5.32 Å². The zero-order valence-corrected chi connectivity index (χ0v) is 9.74. The molecule has 5 heteroatoms. The van der Waals surface area contributed by atoms with E-state index >= 15 is 0 Å². The third-order valence-corrected chi connectivity index (χ3v) is 3.57. The molecule has 4 nitrogen and oxygen atoms in total. The molecule has 1 fully saturated rings. The van der Waals surface area contributed by atoms with Crippen molar-refractivity contribution in [2.75, 3.05) is 11.2 Å². The van der Waals surface area contributed by atoms with Crippen molar-refractivity contribution in [3.05, 3.63) is 6.20 Å². The van der Waals surface area contributed by atoms with Gasteiger partial charge in [0.1, 0.15) is 5.82 Å². The number of hydrogen-bond acceptors (Lipinski definition) is 3. The van der Waals surface area contributed by atoms with Gasteiger partial charge in [0.2, 0.25) is 0 Å². The molecule has 1 saturated carbocycles. The fourth-order valence-corrected chi connectivity index (χ4v) is 2.40. The van der Waals surface area contributed by atoms with E-state index in [1.165, 1.54) is 25.7 Å². The molecule has 0 aliphatic heterocycles. The first kappa shape index (κ1) is 10.7. The highest BCUT2D eigenvalue weighted by Crippen LogP contribution is 2.26. The number of hydrogen-bond donors (Lipinski definition) is 1. The van der Waals surface area contributed by atoms with Gasteiger partial charge in [-0.1, -0.05) is 5.21 Å². The molecule has 1 aliphatic rings. The second kappa shape index (κ2) is 4.84. The number of nitrogens with one attached hydrogen (secondary N) is 1. The molecule has 0 unspecified atom stereocenters. The molecule has 1 N–H and O–H groups in total. The van der Waals surface area contributed by atoms with Crippen molar-refractivity contribution in [3.8, 4) is 0 Å². The lowest BCUT2D eigenvalue weighted by Crippen LogP contribution is -2.27. The zero-order valence-electron chi connectivity index (χ0n) is 8.99. The summed E-state index contributed by atoms with van der Waals surface area (Å²) in [5, 5.41) is 11.2. The van der Waals surface area contributed by atoms with Crippen molar-refractivity contribution in [2.24, 2.45) is 13.0 Å². The molecular weight excluding hydrogens is 212 g/mol. The summed E-state index contributed by atoms with van der Waals surface area (Å²) in [6.07, 6.45) is 6.62. The average molecular weight is 229 g/mol. The van der Waals surface area contributed by atoms with Crippen LogP contribution >= 0.6 is 11.6 Å². The second-order valence-electron chi connectivity index (χ2n) is 4.26. The lowest BCUT2D eigenvalue weighted by atomic mass is 9.87. The minimum atomic E-state index is 0.557. The molecule has 0 amide bonds. The van der Waals surface area contributed by atoms with Crippen molar-refractivity contribution < 1.29 is 0 Å². The number of rotatable bonds is 3. The van der Waals surface area contributed by atoms with Gasteiger partial charge in [-0.3, -0.25) is 0 Å². The summed E-state index contributed by atoms with van der Waals surface area (Å²) in [5.74, 6) is 2.53. The van der Waals surface area contributed by atoms with E-state index in [1.807, 2.05) is 7.05 Å². The van der Waals surface area contributed by atoms with Crippen LogP contribution in [0.4, 0.5) is 5.82 Å². The van der Waals surface area contributed by atoms with Crippen LogP contribution in [0.25, 0.3) is 0 Å². The summed E-state index contributed by atoms with van der Waals surface area (Å²) < 4.78 is 1.77. The van der Waals surface area contributed by atoms with Crippen molar-refractivity contribution in [1.29, 1.82) is 0 Å². The van der Waals surface area contributed by atoms with E-state index in [-0.39, 0.29) is 0 Å². The minimum absolute atomic E-state index is 0.557. The van der Waals surface area contributed by atoms with Crippen molar-refractivity contribution in [2.45, 2.75) is 31.7 Å². The van der Waals surface area contributed by atoms with Crippen LogP contribution in [0.1, 0.15) is 25.7 Å². The van der Waals surface area contributed by atoms with Crippen LogP contribution in [-0.4, -0.2) is 26.9 Å². The predicted molar refractivity (Wildman–Crippen MR) is 61.1 cm³/mol. The number of nitrogens with zero attached hydrogens (tertiary/aromatic N) is 3. The van der Waals surface area contributed by atoms with E-state index in [1.54, 1.807) is 10.9 Å².